The monoisotopic (exact) mass is 374 g/mol. The molecule has 0 aliphatic heterocycles. The van der Waals surface area contributed by atoms with Gasteiger partial charge in [0.05, 0.1) is 11.0 Å². The van der Waals surface area contributed by atoms with Gasteiger partial charge in [0.1, 0.15) is 12.2 Å². The summed E-state index contributed by atoms with van der Waals surface area (Å²) in [7, 11) is 0. The molecule has 96 valence electrons. The van der Waals surface area contributed by atoms with Crippen molar-refractivity contribution in [3.05, 3.63) is 43.7 Å². The van der Waals surface area contributed by atoms with Crippen LogP contribution in [0.25, 0.3) is 0 Å². The fraction of sp³-hybridized carbons (Fsp3) is 0.364. The minimum absolute atomic E-state index is 0.0866. The van der Waals surface area contributed by atoms with Crippen LogP contribution in [0.4, 0.5) is 0 Å². The highest BCUT2D eigenvalue weighted by Crippen LogP contribution is 2.14. The zero-order valence-electron chi connectivity index (χ0n) is 9.97. The van der Waals surface area contributed by atoms with E-state index in [1.165, 1.54) is 6.33 Å². The molecule has 0 aliphatic carbocycles. The Labute approximate surface area is 121 Å². The Morgan fingerprint density at radius 1 is 1.39 bits per heavy atom. The maximum Gasteiger partial charge on any atom is 0.265 e. The highest BCUT2D eigenvalue weighted by molar-refractivity contribution is 9.11. The molecule has 0 aliphatic rings. The van der Waals surface area contributed by atoms with Gasteiger partial charge in [0.15, 0.2) is 0 Å². The summed E-state index contributed by atoms with van der Waals surface area (Å²) in [5.41, 5.74) is -0.0866. The number of nitrogens with zero attached hydrogens (tertiary/aromatic N) is 4. The molecule has 0 N–H and O–H groups in total. The van der Waals surface area contributed by atoms with Crippen molar-refractivity contribution in [1.29, 1.82) is 0 Å². The average Bonchev–Trinajstić information content (AvgIpc) is 2.73. The first-order valence-electron chi connectivity index (χ1n) is 5.43. The van der Waals surface area contributed by atoms with E-state index in [2.05, 4.69) is 41.9 Å². The second-order valence-electron chi connectivity index (χ2n) is 4.15. The van der Waals surface area contributed by atoms with Gasteiger partial charge in [-0.25, -0.2) is 9.67 Å². The number of hydrogen-bond acceptors (Lipinski definition) is 3. The predicted molar refractivity (Wildman–Crippen MR) is 75.6 cm³/mol. The van der Waals surface area contributed by atoms with Crippen molar-refractivity contribution < 1.29 is 0 Å². The van der Waals surface area contributed by atoms with Gasteiger partial charge in [0, 0.05) is 16.7 Å². The minimum Gasteiger partial charge on any atom is -0.306 e. The molecule has 0 atom stereocenters. The van der Waals surface area contributed by atoms with Crippen LogP contribution in [0.1, 0.15) is 25.7 Å². The summed E-state index contributed by atoms with van der Waals surface area (Å²) in [5.74, 6) is 0.761. The number of hydrogen-bond donors (Lipinski definition) is 0. The summed E-state index contributed by atoms with van der Waals surface area (Å²) in [6, 6.07) is 1.94. The third-order valence-corrected chi connectivity index (χ3v) is 3.46. The molecule has 2 aromatic rings. The van der Waals surface area contributed by atoms with Crippen molar-refractivity contribution in [1.82, 2.24) is 19.3 Å². The van der Waals surface area contributed by atoms with Gasteiger partial charge in [-0.3, -0.25) is 4.79 Å². The number of pyridine rings is 1. The largest absolute Gasteiger partial charge is 0.306 e. The normalized spacial score (nSPS) is 11.2. The molecule has 0 amide bonds. The van der Waals surface area contributed by atoms with Crippen LogP contribution >= 0.6 is 31.9 Å². The fourth-order valence-corrected chi connectivity index (χ4v) is 2.91. The molecule has 18 heavy (non-hydrogen) atoms. The molecule has 0 spiro atoms. The molecule has 0 fully saturated rings. The van der Waals surface area contributed by atoms with E-state index < -0.39 is 0 Å². The summed E-state index contributed by atoms with van der Waals surface area (Å²) in [6.45, 7) is 4.45. The molecule has 0 radical (unpaired) electrons. The first-order chi connectivity index (χ1) is 8.49. The van der Waals surface area contributed by atoms with Crippen molar-refractivity contribution >= 4 is 31.9 Å². The Kier molecular flexibility index (Phi) is 4.01. The number of aromatic nitrogens is 4. The topological polar surface area (TPSA) is 52.7 Å². The average molecular weight is 376 g/mol. The maximum atomic E-state index is 12.0. The highest BCUT2D eigenvalue weighted by atomic mass is 79.9. The standard InChI is InChI=1S/C11H12Br2N4O/c1-7(2)17-10(14-6-15-17)5-16-4-8(12)3-9(13)11(16)18/h3-4,6-7H,5H2,1-2H3. The van der Waals surface area contributed by atoms with E-state index in [-0.39, 0.29) is 11.6 Å². The van der Waals surface area contributed by atoms with Crippen LogP contribution in [-0.2, 0) is 6.54 Å². The quantitative estimate of drug-likeness (QED) is 0.828. The molecule has 2 heterocycles. The molecule has 0 aromatic carbocycles. The Morgan fingerprint density at radius 3 is 2.78 bits per heavy atom. The first-order valence-corrected chi connectivity index (χ1v) is 7.01. The summed E-state index contributed by atoms with van der Waals surface area (Å²) < 4.78 is 4.76. The van der Waals surface area contributed by atoms with Crippen LogP contribution in [0.3, 0.4) is 0 Å². The minimum atomic E-state index is -0.0866. The van der Waals surface area contributed by atoms with Gasteiger partial charge in [0.2, 0.25) is 0 Å². The first kappa shape index (κ1) is 13.5. The number of rotatable bonds is 3. The van der Waals surface area contributed by atoms with Crippen molar-refractivity contribution in [2.75, 3.05) is 0 Å². The Balaban J connectivity index is 2.40. The van der Waals surface area contributed by atoms with Crippen LogP contribution < -0.4 is 5.56 Å². The van der Waals surface area contributed by atoms with E-state index in [0.29, 0.717) is 11.0 Å². The molecule has 0 bridgehead atoms. The summed E-state index contributed by atoms with van der Waals surface area (Å²) in [6.07, 6.45) is 3.25. The van der Waals surface area contributed by atoms with Gasteiger partial charge in [-0.1, -0.05) is 0 Å². The van der Waals surface area contributed by atoms with Gasteiger partial charge in [-0.05, 0) is 51.8 Å². The second-order valence-corrected chi connectivity index (χ2v) is 5.92. The predicted octanol–water partition coefficient (Wildman–Crippen LogP) is 2.59. The van der Waals surface area contributed by atoms with E-state index in [1.54, 1.807) is 21.5 Å². The lowest BCUT2D eigenvalue weighted by molar-refractivity contribution is 0.493. The zero-order chi connectivity index (χ0) is 13.3. The van der Waals surface area contributed by atoms with Crippen LogP contribution in [-0.4, -0.2) is 19.3 Å². The molecular weight excluding hydrogens is 364 g/mol. The number of halogens is 2. The van der Waals surface area contributed by atoms with Gasteiger partial charge in [0.25, 0.3) is 5.56 Å². The molecule has 0 saturated carbocycles. The van der Waals surface area contributed by atoms with Crippen LogP contribution in [0.15, 0.2) is 32.3 Å². The van der Waals surface area contributed by atoms with E-state index >= 15 is 0 Å². The lowest BCUT2D eigenvalue weighted by atomic mass is 10.4. The summed E-state index contributed by atoms with van der Waals surface area (Å²) >= 11 is 6.61. The fourth-order valence-electron chi connectivity index (χ4n) is 1.65. The third kappa shape index (κ3) is 2.72. The van der Waals surface area contributed by atoms with E-state index in [0.717, 1.165) is 10.3 Å². The molecule has 0 saturated heterocycles. The van der Waals surface area contributed by atoms with Crippen molar-refractivity contribution in [2.24, 2.45) is 0 Å². The van der Waals surface area contributed by atoms with Crippen molar-refractivity contribution in [3.63, 3.8) is 0 Å². The Bertz CT molecular complexity index is 618. The maximum absolute atomic E-state index is 12.0. The lowest BCUT2D eigenvalue weighted by Crippen LogP contribution is -2.23. The van der Waals surface area contributed by atoms with Gasteiger partial charge in [-0.2, -0.15) is 5.10 Å². The van der Waals surface area contributed by atoms with E-state index in [9.17, 15) is 4.79 Å². The summed E-state index contributed by atoms with van der Waals surface area (Å²) in [5, 5.41) is 4.15. The van der Waals surface area contributed by atoms with Gasteiger partial charge in [-0.15, -0.1) is 0 Å². The third-order valence-electron chi connectivity index (χ3n) is 2.46. The molecular formula is C11H12Br2N4O. The zero-order valence-corrected chi connectivity index (χ0v) is 13.1. The van der Waals surface area contributed by atoms with E-state index in [1.807, 2.05) is 13.8 Å². The van der Waals surface area contributed by atoms with Crippen molar-refractivity contribution in [2.45, 2.75) is 26.4 Å². The van der Waals surface area contributed by atoms with E-state index in [4.69, 9.17) is 0 Å². The molecule has 2 aromatic heterocycles. The Morgan fingerprint density at radius 2 is 2.11 bits per heavy atom. The molecule has 7 heteroatoms. The SMILES string of the molecule is CC(C)n1ncnc1Cn1cc(Br)cc(Br)c1=O. The lowest BCUT2D eigenvalue weighted by Gasteiger charge is -2.11. The van der Waals surface area contributed by atoms with Gasteiger partial charge < -0.3 is 4.57 Å². The van der Waals surface area contributed by atoms with Crippen LogP contribution in [0.5, 0.6) is 0 Å². The van der Waals surface area contributed by atoms with Crippen molar-refractivity contribution in [3.8, 4) is 0 Å². The van der Waals surface area contributed by atoms with Crippen LogP contribution in [0.2, 0.25) is 0 Å². The molecule has 5 nitrogen and oxygen atoms in total. The smallest absolute Gasteiger partial charge is 0.265 e. The highest BCUT2D eigenvalue weighted by Gasteiger charge is 2.10. The second kappa shape index (κ2) is 5.36. The Hall–Kier alpha value is -0.950. The van der Waals surface area contributed by atoms with Gasteiger partial charge >= 0.3 is 0 Å². The molecule has 2 rings (SSSR count). The van der Waals surface area contributed by atoms with Crippen LogP contribution in [0, 0.1) is 0 Å². The molecule has 0 unspecified atom stereocenters. The summed E-state index contributed by atoms with van der Waals surface area (Å²) in [4.78, 5) is 16.2.